The number of ether oxygens (including phenoxy) is 2. The summed E-state index contributed by atoms with van der Waals surface area (Å²) >= 11 is 0. The van der Waals surface area contributed by atoms with Gasteiger partial charge in [-0.25, -0.2) is 0 Å². The fourth-order valence-electron chi connectivity index (χ4n) is 1.94. The minimum Gasteiger partial charge on any atom is -0.492 e. The van der Waals surface area contributed by atoms with E-state index in [0.717, 1.165) is 44.0 Å². The molecule has 1 aromatic rings. The first-order chi connectivity index (χ1) is 8.35. The van der Waals surface area contributed by atoms with Crippen LogP contribution in [0.4, 0.5) is 5.69 Å². The maximum atomic E-state index is 10.8. The lowest BCUT2D eigenvalue weighted by Crippen LogP contribution is -2.36. The number of rotatable bonds is 4. The summed E-state index contributed by atoms with van der Waals surface area (Å²) in [6.07, 6.45) is 0.839. The van der Waals surface area contributed by atoms with Crippen LogP contribution in [0.1, 0.15) is 17.3 Å². The molecule has 1 heterocycles. The molecular formula is C13H17NO3. The van der Waals surface area contributed by atoms with Gasteiger partial charge in [-0.15, -0.1) is 0 Å². The van der Waals surface area contributed by atoms with Crippen LogP contribution in [0.3, 0.4) is 0 Å². The molecule has 0 bridgehead atoms. The second-order valence-corrected chi connectivity index (χ2v) is 3.88. The predicted molar refractivity (Wildman–Crippen MR) is 66.0 cm³/mol. The van der Waals surface area contributed by atoms with E-state index in [4.69, 9.17) is 9.47 Å². The van der Waals surface area contributed by atoms with Gasteiger partial charge < -0.3 is 14.4 Å². The molecule has 1 aliphatic rings. The highest BCUT2D eigenvalue weighted by Crippen LogP contribution is 2.29. The van der Waals surface area contributed by atoms with Gasteiger partial charge in [-0.05, 0) is 25.1 Å². The molecule has 1 fully saturated rings. The number of carbonyl (C=O) groups is 1. The molecule has 92 valence electrons. The van der Waals surface area contributed by atoms with E-state index in [0.29, 0.717) is 12.2 Å². The molecule has 0 atom stereocenters. The summed E-state index contributed by atoms with van der Waals surface area (Å²) in [5, 5.41) is 0. The lowest BCUT2D eigenvalue weighted by atomic mass is 10.2. The monoisotopic (exact) mass is 235 g/mol. The third kappa shape index (κ3) is 2.77. The molecule has 0 amide bonds. The molecule has 0 aliphatic carbocycles. The Morgan fingerprint density at radius 2 is 2.18 bits per heavy atom. The Labute approximate surface area is 101 Å². The van der Waals surface area contributed by atoms with Crippen molar-refractivity contribution in [3.63, 3.8) is 0 Å². The maximum Gasteiger partial charge on any atom is 0.150 e. The standard InChI is InChI=1S/C13H17NO3/c1-2-17-13-9-11(10-15)3-4-12(13)14-5-7-16-8-6-14/h3-4,9-10H,2,5-8H2,1H3. The number of carbonyl (C=O) groups excluding carboxylic acids is 1. The van der Waals surface area contributed by atoms with Crippen LogP contribution in [0.2, 0.25) is 0 Å². The van der Waals surface area contributed by atoms with Crippen LogP contribution in [0, 0.1) is 0 Å². The highest BCUT2D eigenvalue weighted by Gasteiger charge is 2.15. The van der Waals surface area contributed by atoms with E-state index in [9.17, 15) is 4.79 Å². The highest BCUT2D eigenvalue weighted by atomic mass is 16.5. The smallest absolute Gasteiger partial charge is 0.150 e. The molecular weight excluding hydrogens is 218 g/mol. The second-order valence-electron chi connectivity index (χ2n) is 3.88. The van der Waals surface area contributed by atoms with Crippen LogP contribution < -0.4 is 9.64 Å². The van der Waals surface area contributed by atoms with Crippen molar-refractivity contribution < 1.29 is 14.3 Å². The minimum absolute atomic E-state index is 0.597. The van der Waals surface area contributed by atoms with E-state index in [1.54, 1.807) is 6.07 Å². The summed E-state index contributed by atoms with van der Waals surface area (Å²) in [5.74, 6) is 0.777. The minimum atomic E-state index is 0.597. The van der Waals surface area contributed by atoms with Gasteiger partial charge in [0.2, 0.25) is 0 Å². The van der Waals surface area contributed by atoms with E-state index >= 15 is 0 Å². The fraction of sp³-hybridized carbons (Fsp3) is 0.462. The van der Waals surface area contributed by atoms with E-state index in [1.807, 2.05) is 19.1 Å². The van der Waals surface area contributed by atoms with Crippen molar-refractivity contribution in [1.82, 2.24) is 0 Å². The summed E-state index contributed by atoms with van der Waals surface area (Å²) in [6, 6.07) is 5.56. The second kappa shape index (κ2) is 5.68. The summed E-state index contributed by atoms with van der Waals surface area (Å²) in [7, 11) is 0. The summed E-state index contributed by atoms with van der Waals surface area (Å²) in [6.45, 7) is 5.74. The molecule has 0 N–H and O–H groups in total. The van der Waals surface area contributed by atoms with E-state index in [2.05, 4.69) is 4.90 Å². The quantitative estimate of drug-likeness (QED) is 0.745. The molecule has 4 nitrogen and oxygen atoms in total. The van der Waals surface area contributed by atoms with Crippen molar-refractivity contribution in [3.8, 4) is 5.75 Å². The number of hydrogen-bond donors (Lipinski definition) is 0. The fourth-order valence-corrected chi connectivity index (χ4v) is 1.94. The van der Waals surface area contributed by atoms with Crippen LogP contribution in [-0.2, 0) is 4.74 Å². The van der Waals surface area contributed by atoms with E-state index in [-0.39, 0.29) is 0 Å². The van der Waals surface area contributed by atoms with Gasteiger partial charge in [-0.1, -0.05) is 0 Å². The van der Waals surface area contributed by atoms with Crippen molar-refractivity contribution in [3.05, 3.63) is 23.8 Å². The molecule has 0 radical (unpaired) electrons. The summed E-state index contributed by atoms with van der Waals surface area (Å²) in [5.41, 5.74) is 1.69. The number of morpholine rings is 1. The van der Waals surface area contributed by atoms with Crippen LogP contribution in [0.15, 0.2) is 18.2 Å². The van der Waals surface area contributed by atoms with Crippen LogP contribution in [0.25, 0.3) is 0 Å². The largest absolute Gasteiger partial charge is 0.492 e. The average molecular weight is 235 g/mol. The van der Waals surface area contributed by atoms with Gasteiger partial charge in [0.15, 0.2) is 0 Å². The number of hydrogen-bond acceptors (Lipinski definition) is 4. The molecule has 1 aromatic carbocycles. The molecule has 1 saturated heterocycles. The lowest BCUT2D eigenvalue weighted by molar-refractivity contribution is 0.112. The highest BCUT2D eigenvalue weighted by molar-refractivity contribution is 5.78. The van der Waals surface area contributed by atoms with Crippen LogP contribution in [0.5, 0.6) is 5.75 Å². The Hall–Kier alpha value is -1.55. The van der Waals surface area contributed by atoms with Gasteiger partial charge in [0, 0.05) is 18.7 Å². The van der Waals surface area contributed by atoms with Gasteiger partial charge in [0.25, 0.3) is 0 Å². The van der Waals surface area contributed by atoms with Crippen LogP contribution in [-0.4, -0.2) is 39.2 Å². The SMILES string of the molecule is CCOc1cc(C=O)ccc1N1CCOCC1. The summed E-state index contributed by atoms with van der Waals surface area (Å²) in [4.78, 5) is 13.0. The zero-order chi connectivity index (χ0) is 12.1. The molecule has 1 aliphatic heterocycles. The number of benzene rings is 1. The Morgan fingerprint density at radius 3 is 2.82 bits per heavy atom. The third-order valence-corrected chi connectivity index (χ3v) is 2.77. The van der Waals surface area contributed by atoms with E-state index in [1.165, 1.54) is 0 Å². The number of nitrogens with zero attached hydrogens (tertiary/aromatic N) is 1. The molecule has 0 aromatic heterocycles. The van der Waals surface area contributed by atoms with Gasteiger partial charge in [0.05, 0.1) is 25.5 Å². The van der Waals surface area contributed by atoms with Gasteiger partial charge in [0.1, 0.15) is 12.0 Å². The lowest BCUT2D eigenvalue weighted by Gasteiger charge is -2.30. The molecule has 0 spiro atoms. The van der Waals surface area contributed by atoms with Crippen molar-refractivity contribution in [2.45, 2.75) is 6.92 Å². The van der Waals surface area contributed by atoms with E-state index < -0.39 is 0 Å². The third-order valence-electron chi connectivity index (χ3n) is 2.77. The summed E-state index contributed by atoms with van der Waals surface area (Å²) < 4.78 is 10.9. The molecule has 0 saturated carbocycles. The molecule has 17 heavy (non-hydrogen) atoms. The van der Waals surface area contributed by atoms with Gasteiger partial charge in [-0.2, -0.15) is 0 Å². The van der Waals surface area contributed by atoms with Crippen molar-refractivity contribution in [2.75, 3.05) is 37.8 Å². The number of anilines is 1. The normalized spacial score (nSPS) is 15.7. The Balaban J connectivity index is 2.27. The van der Waals surface area contributed by atoms with Crippen LogP contribution >= 0.6 is 0 Å². The van der Waals surface area contributed by atoms with Crippen molar-refractivity contribution in [2.24, 2.45) is 0 Å². The van der Waals surface area contributed by atoms with Gasteiger partial charge in [-0.3, -0.25) is 4.79 Å². The Bertz CT molecular complexity index is 386. The van der Waals surface area contributed by atoms with Crippen molar-refractivity contribution in [1.29, 1.82) is 0 Å². The Morgan fingerprint density at radius 1 is 1.41 bits per heavy atom. The first-order valence-corrected chi connectivity index (χ1v) is 5.90. The topological polar surface area (TPSA) is 38.8 Å². The first-order valence-electron chi connectivity index (χ1n) is 5.90. The molecule has 2 rings (SSSR count). The zero-order valence-electron chi connectivity index (χ0n) is 10.0. The average Bonchev–Trinajstić information content (AvgIpc) is 2.40. The van der Waals surface area contributed by atoms with Gasteiger partial charge >= 0.3 is 0 Å². The molecule has 4 heteroatoms. The zero-order valence-corrected chi connectivity index (χ0v) is 10.0. The molecule has 0 unspecified atom stereocenters. The number of aldehydes is 1. The van der Waals surface area contributed by atoms with Crippen molar-refractivity contribution >= 4 is 12.0 Å². The Kier molecular flexibility index (Phi) is 3.98. The maximum absolute atomic E-state index is 10.8. The first kappa shape index (κ1) is 11.9. The predicted octanol–water partition coefficient (Wildman–Crippen LogP) is 1.73.